The minimum atomic E-state index is -0.865. The Morgan fingerprint density at radius 3 is 3.00 bits per heavy atom. The number of halogens is 1. The van der Waals surface area contributed by atoms with E-state index in [1.807, 2.05) is 16.3 Å². The quantitative estimate of drug-likeness (QED) is 0.910. The smallest absolute Gasteiger partial charge is 0.325 e. The van der Waals surface area contributed by atoms with Crippen LogP contribution in [0.2, 0.25) is 5.02 Å². The van der Waals surface area contributed by atoms with E-state index in [1.165, 1.54) is 6.07 Å². The molecule has 1 atom stereocenters. The van der Waals surface area contributed by atoms with Gasteiger partial charge < -0.3 is 10.2 Å². The highest BCUT2D eigenvalue weighted by Gasteiger charge is 2.33. The highest BCUT2D eigenvalue weighted by molar-refractivity contribution is 7.10. The molecule has 2 N–H and O–H groups in total. The minimum Gasteiger partial charge on any atom is -0.508 e. The van der Waals surface area contributed by atoms with E-state index in [2.05, 4.69) is 0 Å². The van der Waals surface area contributed by atoms with Crippen LogP contribution in [-0.4, -0.2) is 27.6 Å². The van der Waals surface area contributed by atoms with E-state index < -0.39 is 12.0 Å². The highest BCUT2D eigenvalue weighted by Crippen LogP contribution is 2.35. The molecule has 0 aliphatic carbocycles. The van der Waals surface area contributed by atoms with Crippen LogP contribution < -0.4 is 0 Å². The first kappa shape index (κ1) is 14.4. The summed E-state index contributed by atoms with van der Waals surface area (Å²) in [4.78, 5) is 14.6. The second-order valence-corrected chi connectivity index (χ2v) is 6.47. The van der Waals surface area contributed by atoms with Crippen molar-refractivity contribution in [2.75, 3.05) is 6.54 Å². The van der Waals surface area contributed by atoms with Crippen molar-refractivity contribution in [3.8, 4) is 5.75 Å². The zero-order valence-electron chi connectivity index (χ0n) is 11.1. The molecule has 2 aromatic rings. The second kappa shape index (κ2) is 5.67. The fourth-order valence-corrected chi connectivity index (χ4v) is 3.83. The van der Waals surface area contributed by atoms with Gasteiger partial charge in [-0.25, -0.2) is 0 Å². The molecule has 0 bridgehead atoms. The molecule has 0 saturated carbocycles. The van der Waals surface area contributed by atoms with Gasteiger partial charge in [-0.3, -0.25) is 9.69 Å². The van der Waals surface area contributed by atoms with E-state index in [0.29, 0.717) is 23.7 Å². The zero-order valence-corrected chi connectivity index (χ0v) is 12.7. The first-order valence-corrected chi connectivity index (χ1v) is 7.82. The number of hydrogen-bond acceptors (Lipinski definition) is 4. The molecular formula is C15H14ClNO3S. The van der Waals surface area contributed by atoms with Crippen molar-refractivity contribution in [1.29, 1.82) is 0 Å². The lowest BCUT2D eigenvalue weighted by molar-refractivity contribution is -0.144. The summed E-state index contributed by atoms with van der Waals surface area (Å²) in [6, 6.07) is 6.04. The van der Waals surface area contributed by atoms with Crippen LogP contribution in [-0.2, 0) is 17.8 Å². The van der Waals surface area contributed by atoms with Gasteiger partial charge in [0.1, 0.15) is 11.8 Å². The van der Waals surface area contributed by atoms with E-state index in [4.69, 9.17) is 11.6 Å². The Hall–Kier alpha value is -1.56. The number of carbonyl (C=O) groups is 1. The van der Waals surface area contributed by atoms with Gasteiger partial charge in [0, 0.05) is 28.6 Å². The number of hydrogen-bond donors (Lipinski definition) is 2. The Labute approximate surface area is 131 Å². The van der Waals surface area contributed by atoms with Crippen LogP contribution >= 0.6 is 22.9 Å². The number of aromatic hydroxyl groups is 1. The summed E-state index contributed by atoms with van der Waals surface area (Å²) in [5.74, 6) is -0.726. The number of phenols is 1. The van der Waals surface area contributed by atoms with Gasteiger partial charge in [0.2, 0.25) is 0 Å². The third-order valence-electron chi connectivity index (χ3n) is 3.71. The van der Waals surface area contributed by atoms with E-state index in [1.54, 1.807) is 23.5 Å². The lowest BCUT2D eigenvalue weighted by Crippen LogP contribution is -2.38. The molecule has 1 aromatic heterocycles. The molecular weight excluding hydrogens is 310 g/mol. The molecule has 0 spiro atoms. The number of thiophene rings is 1. The fourth-order valence-electron chi connectivity index (χ4n) is 2.73. The molecule has 0 saturated heterocycles. The van der Waals surface area contributed by atoms with Gasteiger partial charge in [0.25, 0.3) is 0 Å². The van der Waals surface area contributed by atoms with Crippen LogP contribution in [0.4, 0.5) is 0 Å². The van der Waals surface area contributed by atoms with E-state index in [9.17, 15) is 15.0 Å². The van der Waals surface area contributed by atoms with Gasteiger partial charge in [0.05, 0.1) is 0 Å². The molecule has 4 nitrogen and oxygen atoms in total. The van der Waals surface area contributed by atoms with Crippen LogP contribution in [0.1, 0.15) is 22.0 Å². The SMILES string of the molecule is O=C(O)C1c2ccsc2CCN1Cc1cc(Cl)ccc1O. The van der Waals surface area contributed by atoms with Crippen molar-refractivity contribution in [3.05, 3.63) is 50.7 Å². The molecule has 0 amide bonds. The van der Waals surface area contributed by atoms with Crippen molar-refractivity contribution < 1.29 is 15.0 Å². The van der Waals surface area contributed by atoms with Gasteiger partial charge >= 0.3 is 5.97 Å². The third-order valence-corrected chi connectivity index (χ3v) is 4.95. The van der Waals surface area contributed by atoms with Crippen LogP contribution in [0.25, 0.3) is 0 Å². The second-order valence-electron chi connectivity index (χ2n) is 5.03. The monoisotopic (exact) mass is 323 g/mol. The molecule has 0 radical (unpaired) electrons. The third kappa shape index (κ3) is 2.77. The predicted octanol–water partition coefficient (Wildman–Crippen LogP) is 3.29. The largest absolute Gasteiger partial charge is 0.508 e. The lowest BCUT2D eigenvalue weighted by Gasteiger charge is -2.33. The topological polar surface area (TPSA) is 60.8 Å². The standard InChI is InChI=1S/C15H14ClNO3S/c16-10-1-2-12(18)9(7-10)8-17-5-3-13-11(4-6-21-13)14(17)15(19)20/h1-2,4,6-7,14,18H,3,5,8H2,(H,19,20). The first-order valence-electron chi connectivity index (χ1n) is 6.57. The molecule has 21 heavy (non-hydrogen) atoms. The molecule has 6 heteroatoms. The fraction of sp³-hybridized carbons (Fsp3) is 0.267. The van der Waals surface area contributed by atoms with E-state index >= 15 is 0 Å². The van der Waals surface area contributed by atoms with Crippen molar-refractivity contribution in [3.63, 3.8) is 0 Å². The Morgan fingerprint density at radius 2 is 2.24 bits per heavy atom. The Balaban J connectivity index is 1.91. The molecule has 110 valence electrons. The molecule has 0 fully saturated rings. The van der Waals surface area contributed by atoms with Crippen LogP contribution in [0.15, 0.2) is 29.6 Å². The van der Waals surface area contributed by atoms with Gasteiger partial charge in [-0.15, -0.1) is 11.3 Å². The normalized spacial score (nSPS) is 18.4. The number of nitrogens with zero attached hydrogens (tertiary/aromatic N) is 1. The summed E-state index contributed by atoms with van der Waals surface area (Å²) in [5.41, 5.74) is 1.51. The summed E-state index contributed by atoms with van der Waals surface area (Å²) in [5, 5.41) is 21.9. The van der Waals surface area contributed by atoms with Crippen LogP contribution in [0, 0.1) is 0 Å². The number of benzene rings is 1. The van der Waals surface area contributed by atoms with Crippen molar-refractivity contribution >= 4 is 28.9 Å². The first-order chi connectivity index (χ1) is 10.1. The summed E-state index contributed by atoms with van der Waals surface area (Å²) < 4.78 is 0. The maximum atomic E-state index is 11.6. The van der Waals surface area contributed by atoms with E-state index in [-0.39, 0.29) is 5.75 Å². The molecule has 1 unspecified atom stereocenters. The molecule has 1 aliphatic rings. The molecule has 2 heterocycles. The number of rotatable bonds is 3. The lowest BCUT2D eigenvalue weighted by atomic mass is 9.99. The van der Waals surface area contributed by atoms with Crippen molar-refractivity contribution in [2.24, 2.45) is 0 Å². The average molecular weight is 324 g/mol. The van der Waals surface area contributed by atoms with E-state index in [0.717, 1.165) is 16.9 Å². The maximum Gasteiger partial charge on any atom is 0.325 e. The van der Waals surface area contributed by atoms with Crippen molar-refractivity contribution in [1.82, 2.24) is 4.90 Å². The minimum absolute atomic E-state index is 0.139. The summed E-state index contributed by atoms with van der Waals surface area (Å²) in [6.07, 6.45) is 0.831. The van der Waals surface area contributed by atoms with Crippen LogP contribution in [0.3, 0.4) is 0 Å². The number of fused-ring (bicyclic) bond motifs is 1. The predicted molar refractivity (Wildman–Crippen MR) is 81.9 cm³/mol. The van der Waals surface area contributed by atoms with Crippen molar-refractivity contribution in [2.45, 2.75) is 19.0 Å². The number of aliphatic carboxylic acids is 1. The number of phenolic OH excluding ortho intramolecular Hbond substituents is 1. The maximum absolute atomic E-state index is 11.6. The Morgan fingerprint density at radius 1 is 1.43 bits per heavy atom. The van der Waals surface area contributed by atoms with Gasteiger partial charge in [-0.2, -0.15) is 0 Å². The molecule has 3 rings (SSSR count). The highest BCUT2D eigenvalue weighted by atomic mass is 35.5. The Bertz CT molecular complexity index is 685. The number of carboxylic acid groups (broad SMARTS) is 1. The Kier molecular flexibility index (Phi) is 3.89. The van der Waals surface area contributed by atoms with Gasteiger partial charge in [0.15, 0.2) is 0 Å². The number of carboxylic acids is 1. The zero-order chi connectivity index (χ0) is 15.0. The summed E-state index contributed by atoms with van der Waals surface area (Å²) in [7, 11) is 0. The molecule has 1 aliphatic heterocycles. The summed E-state index contributed by atoms with van der Waals surface area (Å²) in [6.45, 7) is 1.01. The van der Waals surface area contributed by atoms with Gasteiger partial charge in [-0.05, 0) is 41.6 Å². The van der Waals surface area contributed by atoms with Crippen LogP contribution in [0.5, 0.6) is 5.75 Å². The molecule has 1 aromatic carbocycles. The summed E-state index contributed by atoms with van der Waals surface area (Å²) >= 11 is 7.55. The average Bonchev–Trinajstić information content (AvgIpc) is 2.90. The van der Waals surface area contributed by atoms with Gasteiger partial charge in [-0.1, -0.05) is 11.6 Å².